The van der Waals surface area contributed by atoms with Crippen molar-refractivity contribution in [3.63, 3.8) is 0 Å². The lowest BCUT2D eigenvalue weighted by Gasteiger charge is -2.29. The number of carbonyl (C=O) groups is 1. The summed E-state index contributed by atoms with van der Waals surface area (Å²) in [7, 11) is -3.61. The Morgan fingerprint density at radius 2 is 1.68 bits per heavy atom. The summed E-state index contributed by atoms with van der Waals surface area (Å²) in [5.74, 6) is -0.302. The second-order valence-corrected chi connectivity index (χ2v) is 9.30. The van der Waals surface area contributed by atoms with E-state index in [-0.39, 0.29) is 11.9 Å². The predicted molar refractivity (Wildman–Crippen MR) is 115 cm³/mol. The number of aryl methyl sites for hydroxylation is 3. The highest BCUT2D eigenvalue weighted by Gasteiger charge is 2.29. The van der Waals surface area contributed by atoms with Crippen LogP contribution in [0, 0.1) is 13.8 Å². The molecule has 5 nitrogen and oxygen atoms in total. The van der Waals surface area contributed by atoms with Crippen LogP contribution in [0.1, 0.15) is 37.0 Å². The number of amides is 1. The van der Waals surface area contributed by atoms with Crippen molar-refractivity contribution in [2.75, 3.05) is 10.6 Å². The van der Waals surface area contributed by atoms with Crippen LogP contribution in [-0.4, -0.2) is 32.7 Å². The third kappa shape index (κ3) is 5.83. The van der Waals surface area contributed by atoms with E-state index in [9.17, 15) is 13.2 Å². The molecular weight excluding hydrogens is 372 g/mol. The number of nitrogens with zero attached hydrogens (tertiary/aromatic N) is 1. The number of benzene rings is 2. The Morgan fingerprint density at radius 1 is 1.04 bits per heavy atom. The zero-order valence-electron chi connectivity index (χ0n) is 17.3. The molecule has 2 atom stereocenters. The maximum atomic E-state index is 12.8. The normalized spacial score (nSPS) is 13.6. The van der Waals surface area contributed by atoms with Gasteiger partial charge in [-0.3, -0.25) is 9.10 Å². The van der Waals surface area contributed by atoms with E-state index in [0.717, 1.165) is 30.2 Å². The van der Waals surface area contributed by atoms with Gasteiger partial charge in [0.2, 0.25) is 15.9 Å². The molecule has 0 saturated heterocycles. The molecule has 0 spiro atoms. The predicted octanol–water partition coefficient (Wildman–Crippen LogP) is 3.60. The zero-order valence-corrected chi connectivity index (χ0v) is 18.1. The summed E-state index contributed by atoms with van der Waals surface area (Å²) in [6, 6.07) is 14.6. The largest absolute Gasteiger partial charge is 0.352 e. The van der Waals surface area contributed by atoms with Gasteiger partial charge < -0.3 is 5.32 Å². The number of rotatable bonds is 8. The highest BCUT2D eigenvalue weighted by atomic mass is 32.2. The summed E-state index contributed by atoms with van der Waals surface area (Å²) in [6.45, 7) is 7.45. The van der Waals surface area contributed by atoms with Crippen LogP contribution < -0.4 is 9.62 Å². The molecule has 28 heavy (non-hydrogen) atoms. The van der Waals surface area contributed by atoms with Gasteiger partial charge in [-0.25, -0.2) is 8.42 Å². The fourth-order valence-electron chi connectivity index (χ4n) is 3.13. The van der Waals surface area contributed by atoms with Crippen LogP contribution in [0.4, 0.5) is 5.69 Å². The highest BCUT2D eigenvalue weighted by molar-refractivity contribution is 7.92. The molecule has 0 aromatic heterocycles. The summed E-state index contributed by atoms with van der Waals surface area (Å²) in [6.07, 6.45) is 2.76. The van der Waals surface area contributed by atoms with Gasteiger partial charge in [0.15, 0.2) is 0 Å². The Kier molecular flexibility index (Phi) is 7.24. The number of hydrogen-bond acceptors (Lipinski definition) is 3. The molecule has 0 bridgehead atoms. The fraction of sp³-hybridized carbons (Fsp3) is 0.409. The Bertz CT molecular complexity index is 911. The van der Waals surface area contributed by atoms with Gasteiger partial charge in [-0.1, -0.05) is 36.4 Å². The van der Waals surface area contributed by atoms with Crippen LogP contribution in [0.3, 0.4) is 0 Å². The van der Waals surface area contributed by atoms with Crippen molar-refractivity contribution in [2.45, 2.75) is 52.6 Å². The third-order valence-corrected chi connectivity index (χ3v) is 6.17. The molecule has 2 aromatic carbocycles. The first kappa shape index (κ1) is 22.0. The van der Waals surface area contributed by atoms with E-state index in [0.29, 0.717) is 5.69 Å². The minimum absolute atomic E-state index is 0.0590. The van der Waals surface area contributed by atoms with E-state index >= 15 is 0 Å². The van der Waals surface area contributed by atoms with Crippen LogP contribution in [0.15, 0.2) is 48.5 Å². The average Bonchev–Trinajstić information content (AvgIpc) is 2.62. The summed E-state index contributed by atoms with van der Waals surface area (Å²) in [4.78, 5) is 12.8. The van der Waals surface area contributed by atoms with Crippen molar-refractivity contribution in [2.24, 2.45) is 0 Å². The Morgan fingerprint density at radius 3 is 2.25 bits per heavy atom. The van der Waals surface area contributed by atoms with Crippen molar-refractivity contribution in [1.82, 2.24) is 5.32 Å². The van der Waals surface area contributed by atoms with Crippen LogP contribution in [0.2, 0.25) is 0 Å². The number of nitrogens with one attached hydrogen (secondary N) is 1. The molecule has 152 valence electrons. The smallest absolute Gasteiger partial charge is 0.243 e. The molecular formula is C22H30N2O3S. The molecule has 2 rings (SSSR count). The standard InChI is InChI=1S/C22H30N2O3S/c1-16-11-14-21(15-17(16)2)24(28(5,26)27)19(4)22(25)23-18(3)12-13-20-9-7-6-8-10-20/h6-11,14-15,18-19H,12-13H2,1-5H3,(H,23,25)/t18-,19+/m1/s1. The zero-order chi connectivity index (χ0) is 20.9. The quantitative estimate of drug-likeness (QED) is 0.734. The molecule has 2 aromatic rings. The van der Waals surface area contributed by atoms with E-state index in [2.05, 4.69) is 17.4 Å². The van der Waals surface area contributed by atoms with Gasteiger partial charge in [-0.05, 0) is 69.4 Å². The molecule has 0 heterocycles. The monoisotopic (exact) mass is 402 g/mol. The van der Waals surface area contributed by atoms with Gasteiger partial charge in [0, 0.05) is 6.04 Å². The first-order chi connectivity index (χ1) is 13.1. The number of sulfonamides is 1. The third-order valence-electron chi connectivity index (χ3n) is 4.93. The topological polar surface area (TPSA) is 66.5 Å². The lowest BCUT2D eigenvalue weighted by Crippen LogP contribution is -2.50. The van der Waals surface area contributed by atoms with Gasteiger partial charge in [-0.2, -0.15) is 0 Å². The molecule has 0 unspecified atom stereocenters. The minimum Gasteiger partial charge on any atom is -0.352 e. The number of hydrogen-bond donors (Lipinski definition) is 1. The van der Waals surface area contributed by atoms with Crippen molar-refractivity contribution in [3.05, 3.63) is 65.2 Å². The van der Waals surface area contributed by atoms with Gasteiger partial charge >= 0.3 is 0 Å². The van der Waals surface area contributed by atoms with Gasteiger partial charge in [0.1, 0.15) is 6.04 Å². The van der Waals surface area contributed by atoms with E-state index in [1.165, 1.54) is 9.87 Å². The van der Waals surface area contributed by atoms with Crippen LogP contribution in [0.25, 0.3) is 0 Å². The van der Waals surface area contributed by atoms with Crippen LogP contribution in [-0.2, 0) is 21.2 Å². The molecule has 1 amide bonds. The SMILES string of the molecule is Cc1ccc(N([C@@H](C)C(=O)N[C@H](C)CCc2ccccc2)S(C)(=O)=O)cc1C. The average molecular weight is 403 g/mol. The van der Waals surface area contributed by atoms with Crippen molar-refractivity contribution in [3.8, 4) is 0 Å². The molecule has 1 N–H and O–H groups in total. The minimum atomic E-state index is -3.61. The van der Waals surface area contributed by atoms with E-state index in [4.69, 9.17) is 0 Å². The summed E-state index contributed by atoms with van der Waals surface area (Å²) < 4.78 is 26.0. The van der Waals surface area contributed by atoms with Gasteiger partial charge in [0.05, 0.1) is 11.9 Å². The maximum absolute atomic E-state index is 12.8. The first-order valence-electron chi connectivity index (χ1n) is 9.50. The van der Waals surface area contributed by atoms with Crippen LogP contribution in [0.5, 0.6) is 0 Å². The Labute approximate surface area is 168 Å². The van der Waals surface area contributed by atoms with Crippen LogP contribution >= 0.6 is 0 Å². The van der Waals surface area contributed by atoms with Crippen molar-refractivity contribution in [1.29, 1.82) is 0 Å². The molecule has 0 radical (unpaired) electrons. The molecule has 0 aliphatic carbocycles. The summed E-state index contributed by atoms with van der Waals surface area (Å²) >= 11 is 0. The van der Waals surface area contributed by atoms with E-state index < -0.39 is 16.1 Å². The second-order valence-electron chi connectivity index (χ2n) is 7.44. The lowest BCUT2D eigenvalue weighted by atomic mass is 10.1. The highest BCUT2D eigenvalue weighted by Crippen LogP contribution is 2.23. The van der Waals surface area contributed by atoms with Crippen molar-refractivity contribution >= 4 is 21.6 Å². The van der Waals surface area contributed by atoms with Crippen molar-refractivity contribution < 1.29 is 13.2 Å². The first-order valence-corrected chi connectivity index (χ1v) is 11.4. The van der Waals surface area contributed by atoms with Gasteiger partial charge in [0.25, 0.3) is 0 Å². The molecule has 0 fully saturated rings. The summed E-state index contributed by atoms with van der Waals surface area (Å²) in [5, 5.41) is 2.95. The Balaban J connectivity index is 2.09. The number of anilines is 1. The molecule has 6 heteroatoms. The Hall–Kier alpha value is -2.34. The number of carbonyl (C=O) groups excluding carboxylic acids is 1. The van der Waals surface area contributed by atoms with Gasteiger partial charge in [-0.15, -0.1) is 0 Å². The maximum Gasteiger partial charge on any atom is 0.243 e. The second kappa shape index (κ2) is 9.24. The lowest BCUT2D eigenvalue weighted by molar-refractivity contribution is -0.122. The van der Waals surface area contributed by atoms with E-state index in [1.54, 1.807) is 19.1 Å². The molecule has 0 aliphatic heterocycles. The molecule has 0 aliphatic rings. The fourth-order valence-corrected chi connectivity index (χ4v) is 4.30. The summed E-state index contributed by atoms with van der Waals surface area (Å²) in [5.41, 5.74) is 3.77. The molecule has 0 saturated carbocycles. The van der Waals surface area contributed by atoms with E-state index in [1.807, 2.05) is 45.0 Å².